The Morgan fingerprint density at radius 3 is 2.62 bits per heavy atom. The van der Waals surface area contributed by atoms with Gasteiger partial charge in [0.2, 0.25) is 0 Å². The fourth-order valence-electron chi connectivity index (χ4n) is 2.94. The minimum Gasteiger partial charge on any atom is -0.316 e. The Morgan fingerprint density at radius 1 is 1.33 bits per heavy atom. The highest BCUT2D eigenvalue weighted by Gasteiger charge is 2.21. The largest absolute Gasteiger partial charge is 0.316 e. The van der Waals surface area contributed by atoms with E-state index in [1.165, 1.54) is 42.2 Å². The molecule has 1 atom stereocenters. The molecule has 2 heterocycles. The minimum absolute atomic E-state index is 0.277. The monoisotopic (exact) mass is 308 g/mol. The molecule has 1 N–H and O–H groups in total. The molecule has 0 radical (unpaired) electrons. The topological polar surface area (TPSA) is 15.3 Å². The van der Waals surface area contributed by atoms with Crippen LogP contribution in [0.25, 0.3) is 0 Å². The first-order valence-corrected chi connectivity index (χ1v) is 9.22. The van der Waals surface area contributed by atoms with E-state index in [0.29, 0.717) is 6.04 Å². The van der Waals surface area contributed by atoms with Gasteiger partial charge in [0.15, 0.2) is 0 Å². The van der Waals surface area contributed by atoms with Crippen LogP contribution in [-0.2, 0) is 12.0 Å². The van der Waals surface area contributed by atoms with Gasteiger partial charge in [-0.15, -0.1) is 11.3 Å². The van der Waals surface area contributed by atoms with Crippen molar-refractivity contribution in [2.75, 3.05) is 19.6 Å². The van der Waals surface area contributed by atoms with Crippen LogP contribution in [0, 0.1) is 5.92 Å². The van der Waals surface area contributed by atoms with Crippen LogP contribution >= 0.6 is 11.3 Å². The smallest absolute Gasteiger partial charge is 0.0330 e. The van der Waals surface area contributed by atoms with E-state index in [0.717, 1.165) is 12.5 Å². The van der Waals surface area contributed by atoms with Gasteiger partial charge < -0.3 is 5.32 Å². The predicted molar refractivity (Wildman–Crippen MR) is 94.2 cm³/mol. The first kappa shape index (κ1) is 17.0. The maximum Gasteiger partial charge on any atom is 0.0330 e. The summed E-state index contributed by atoms with van der Waals surface area (Å²) in [5.41, 5.74) is 0.277. The maximum atomic E-state index is 3.54. The van der Waals surface area contributed by atoms with Crippen molar-refractivity contribution < 1.29 is 0 Å². The lowest BCUT2D eigenvalue weighted by Gasteiger charge is -2.32. The average Bonchev–Trinajstić information content (AvgIpc) is 2.87. The summed E-state index contributed by atoms with van der Waals surface area (Å²) in [7, 11) is 0. The zero-order chi connectivity index (χ0) is 15.5. The minimum atomic E-state index is 0.277. The van der Waals surface area contributed by atoms with Gasteiger partial charge in [-0.1, -0.05) is 20.8 Å². The number of piperidine rings is 1. The number of nitrogens with zero attached hydrogens (tertiary/aromatic N) is 1. The molecule has 21 heavy (non-hydrogen) atoms. The van der Waals surface area contributed by atoms with E-state index in [1.54, 1.807) is 0 Å². The van der Waals surface area contributed by atoms with Gasteiger partial charge in [0.25, 0.3) is 0 Å². The van der Waals surface area contributed by atoms with Crippen LogP contribution < -0.4 is 5.32 Å². The molecule has 0 aliphatic carbocycles. The summed E-state index contributed by atoms with van der Waals surface area (Å²) in [6.07, 6.45) is 2.72. The zero-order valence-electron chi connectivity index (χ0n) is 14.4. The molecule has 0 spiro atoms. The van der Waals surface area contributed by atoms with Gasteiger partial charge in [0.05, 0.1) is 0 Å². The third kappa shape index (κ3) is 5.08. The Bertz CT molecular complexity index is 425. The third-order valence-electron chi connectivity index (χ3n) is 4.38. The van der Waals surface area contributed by atoms with Crippen molar-refractivity contribution in [2.24, 2.45) is 5.92 Å². The molecule has 0 amide bonds. The van der Waals surface area contributed by atoms with Gasteiger partial charge >= 0.3 is 0 Å². The fraction of sp³-hybridized carbons (Fsp3) is 0.778. The molecule has 2 rings (SSSR count). The van der Waals surface area contributed by atoms with E-state index in [1.807, 2.05) is 11.3 Å². The summed E-state index contributed by atoms with van der Waals surface area (Å²) >= 11 is 1.99. The highest BCUT2D eigenvalue weighted by molar-refractivity contribution is 7.12. The lowest BCUT2D eigenvalue weighted by molar-refractivity contribution is 0.165. The molecule has 3 heteroatoms. The highest BCUT2D eigenvalue weighted by atomic mass is 32.1. The molecule has 1 aliphatic rings. The van der Waals surface area contributed by atoms with Crippen molar-refractivity contribution in [3.63, 3.8) is 0 Å². The second-order valence-corrected chi connectivity index (χ2v) is 8.92. The van der Waals surface area contributed by atoms with Gasteiger partial charge in [0.1, 0.15) is 0 Å². The van der Waals surface area contributed by atoms with E-state index in [4.69, 9.17) is 0 Å². The van der Waals surface area contributed by atoms with Crippen molar-refractivity contribution in [3.05, 3.63) is 21.9 Å². The molecule has 0 bridgehead atoms. The van der Waals surface area contributed by atoms with E-state index >= 15 is 0 Å². The summed E-state index contributed by atoms with van der Waals surface area (Å²) in [5.74, 6) is 0.822. The van der Waals surface area contributed by atoms with E-state index in [9.17, 15) is 0 Å². The van der Waals surface area contributed by atoms with Crippen molar-refractivity contribution in [2.45, 2.75) is 65.5 Å². The van der Waals surface area contributed by atoms with Crippen LogP contribution in [0.5, 0.6) is 0 Å². The molecule has 1 fully saturated rings. The van der Waals surface area contributed by atoms with Gasteiger partial charge in [-0.3, -0.25) is 4.90 Å². The number of hydrogen-bond acceptors (Lipinski definition) is 3. The van der Waals surface area contributed by atoms with Crippen molar-refractivity contribution in [1.29, 1.82) is 0 Å². The molecule has 1 aromatic heterocycles. The molecular weight excluding hydrogens is 276 g/mol. The van der Waals surface area contributed by atoms with Gasteiger partial charge in [0, 0.05) is 28.9 Å². The Balaban J connectivity index is 1.97. The second-order valence-electron chi connectivity index (χ2n) is 7.75. The molecule has 0 saturated carbocycles. The highest BCUT2D eigenvalue weighted by Crippen LogP contribution is 2.30. The molecule has 1 unspecified atom stereocenters. The maximum absolute atomic E-state index is 3.54. The van der Waals surface area contributed by atoms with Crippen LogP contribution in [0.1, 0.15) is 57.2 Å². The molecular formula is C18H32N2S. The van der Waals surface area contributed by atoms with Gasteiger partial charge in [-0.05, 0) is 63.2 Å². The summed E-state index contributed by atoms with van der Waals surface area (Å²) in [4.78, 5) is 5.66. The van der Waals surface area contributed by atoms with Crippen molar-refractivity contribution in [3.8, 4) is 0 Å². The second kappa shape index (κ2) is 7.26. The molecule has 1 aromatic rings. The van der Waals surface area contributed by atoms with E-state index < -0.39 is 0 Å². The normalized spacial score (nSPS) is 20.4. The van der Waals surface area contributed by atoms with Gasteiger partial charge in [-0.2, -0.15) is 0 Å². The van der Waals surface area contributed by atoms with E-state index in [2.05, 4.69) is 57.0 Å². The Kier molecular flexibility index (Phi) is 5.87. The molecule has 0 aromatic carbocycles. The first-order valence-electron chi connectivity index (χ1n) is 8.40. The van der Waals surface area contributed by atoms with Gasteiger partial charge in [-0.25, -0.2) is 0 Å². The Labute approximate surface area is 134 Å². The molecule has 1 aliphatic heterocycles. The van der Waals surface area contributed by atoms with E-state index in [-0.39, 0.29) is 5.41 Å². The fourth-order valence-corrected chi connectivity index (χ4v) is 4.03. The predicted octanol–water partition coefficient (Wildman–Crippen LogP) is 4.26. The Hall–Kier alpha value is -0.380. The average molecular weight is 309 g/mol. The first-order chi connectivity index (χ1) is 9.86. The zero-order valence-corrected chi connectivity index (χ0v) is 15.2. The van der Waals surface area contributed by atoms with Crippen LogP contribution in [0.2, 0.25) is 0 Å². The summed E-state index contributed by atoms with van der Waals surface area (Å²) < 4.78 is 0. The lowest BCUT2D eigenvalue weighted by atomic mass is 9.95. The van der Waals surface area contributed by atoms with Crippen molar-refractivity contribution in [1.82, 2.24) is 10.2 Å². The SMILES string of the molecule is CC(C)N(Cc1ccc(C(C)(C)C)s1)CC1CCCNC1. The number of hydrogen-bond donors (Lipinski definition) is 1. The number of rotatable bonds is 5. The van der Waals surface area contributed by atoms with Crippen LogP contribution in [0.15, 0.2) is 12.1 Å². The summed E-state index contributed by atoms with van der Waals surface area (Å²) in [6, 6.07) is 5.27. The van der Waals surface area contributed by atoms with Crippen LogP contribution in [0.3, 0.4) is 0 Å². The van der Waals surface area contributed by atoms with Crippen LogP contribution in [-0.4, -0.2) is 30.6 Å². The number of thiophene rings is 1. The quantitative estimate of drug-likeness (QED) is 0.874. The molecule has 120 valence electrons. The number of nitrogens with one attached hydrogen (secondary N) is 1. The molecule has 2 nitrogen and oxygen atoms in total. The summed E-state index contributed by atoms with van der Waals surface area (Å²) in [6.45, 7) is 16.3. The summed E-state index contributed by atoms with van der Waals surface area (Å²) in [5, 5.41) is 3.54. The van der Waals surface area contributed by atoms with Crippen molar-refractivity contribution >= 4 is 11.3 Å². The standard InChI is InChI=1S/C18H32N2S/c1-14(2)20(12-15-7-6-10-19-11-15)13-16-8-9-17(21-16)18(3,4)5/h8-9,14-15,19H,6-7,10-13H2,1-5H3. The third-order valence-corrected chi connectivity index (χ3v) is 5.88. The Morgan fingerprint density at radius 2 is 2.10 bits per heavy atom. The van der Waals surface area contributed by atoms with Crippen LogP contribution in [0.4, 0.5) is 0 Å². The molecule has 1 saturated heterocycles. The lowest BCUT2D eigenvalue weighted by Crippen LogP contribution is -2.40.